The van der Waals surface area contributed by atoms with Crippen LogP contribution in [0.15, 0.2) is 48.4 Å². The minimum atomic E-state index is -0.417. The number of para-hydroxylation sites is 1. The molecule has 0 spiro atoms. The summed E-state index contributed by atoms with van der Waals surface area (Å²) in [6.45, 7) is 1.46. The molecule has 86 valence electrons. The molecule has 5 nitrogen and oxygen atoms in total. The first-order valence-electron chi connectivity index (χ1n) is 5.09. The summed E-state index contributed by atoms with van der Waals surface area (Å²) in [7, 11) is 0. The van der Waals surface area contributed by atoms with Gasteiger partial charge in [-0.05, 0) is 12.1 Å². The van der Waals surface area contributed by atoms with Crippen LogP contribution in [0.1, 0.15) is 12.5 Å². The van der Waals surface area contributed by atoms with Gasteiger partial charge < -0.3 is 0 Å². The zero-order valence-corrected chi connectivity index (χ0v) is 9.28. The number of benzene rings is 1. The van der Waals surface area contributed by atoms with E-state index >= 15 is 0 Å². The van der Waals surface area contributed by atoms with Gasteiger partial charge in [-0.1, -0.05) is 18.2 Å². The molecule has 0 atom stereocenters. The Labute approximate surface area is 98.2 Å². The standard InChI is InChI=1S/C12H11N3O2/c1-10(15(16)17)7-11-8-13-14(9-11)12-5-3-2-4-6-12/h2-9H,1H3. The van der Waals surface area contributed by atoms with E-state index in [9.17, 15) is 10.1 Å². The predicted octanol–water partition coefficient (Wildman–Crippen LogP) is 2.51. The lowest BCUT2D eigenvalue weighted by Gasteiger charge is -1.98. The molecule has 5 heteroatoms. The number of allylic oxidation sites excluding steroid dienone is 1. The van der Waals surface area contributed by atoms with Crippen molar-refractivity contribution < 1.29 is 4.92 Å². The highest BCUT2D eigenvalue weighted by Gasteiger charge is 2.04. The maximum absolute atomic E-state index is 10.5. The molecule has 0 aliphatic carbocycles. The number of nitrogens with zero attached hydrogens (tertiary/aromatic N) is 3. The molecule has 0 bridgehead atoms. The van der Waals surface area contributed by atoms with E-state index in [1.54, 1.807) is 17.1 Å². The highest BCUT2D eigenvalue weighted by molar-refractivity contribution is 5.49. The van der Waals surface area contributed by atoms with Gasteiger partial charge in [0.15, 0.2) is 0 Å². The summed E-state index contributed by atoms with van der Waals surface area (Å²) >= 11 is 0. The van der Waals surface area contributed by atoms with Gasteiger partial charge in [0.1, 0.15) is 0 Å². The molecule has 1 heterocycles. The summed E-state index contributed by atoms with van der Waals surface area (Å²) in [5.74, 6) is 0. The fraction of sp³-hybridized carbons (Fsp3) is 0.0833. The molecule has 1 aromatic carbocycles. The van der Waals surface area contributed by atoms with Crippen LogP contribution < -0.4 is 0 Å². The van der Waals surface area contributed by atoms with Crippen molar-refractivity contribution in [2.75, 3.05) is 0 Å². The van der Waals surface area contributed by atoms with Crippen molar-refractivity contribution >= 4 is 6.08 Å². The lowest BCUT2D eigenvalue weighted by atomic mass is 10.3. The summed E-state index contributed by atoms with van der Waals surface area (Å²) in [5.41, 5.74) is 1.73. The van der Waals surface area contributed by atoms with E-state index in [0.29, 0.717) is 5.56 Å². The number of nitro groups is 1. The lowest BCUT2D eigenvalue weighted by molar-refractivity contribution is -0.422. The topological polar surface area (TPSA) is 61.0 Å². The normalized spacial score (nSPS) is 11.5. The summed E-state index contributed by atoms with van der Waals surface area (Å²) in [6.07, 6.45) is 4.84. The molecule has 0 fully saturated rings. The molecule has 2 rings (SSSR count). The highest BCUT2D eigenvalue weighted by atomic mass is 16.6. The molecule has 0 radical (unpaired) electrons. The molecule has 17 heavy (non-hydrogen) atoms. The molecule has 0 saturated carbocycles. The first-order chi connectivity index (χ1) is 8.16. The van der Waals surface area contributed by atoms with Crippen LogP contribution in [-0.2, 0) is 0 Å². The Hall–Kier alpha value is -2.43. The van der Waals surface area contributed by atoms with E-state index in [0.717, 1.165) is 5.69 Å². The highest BCUT2D eigenvalue weighted by Crippen LogP contribution is 2.10. The second kappa shape index (κ2) is 4.61. The van der Waals surface area contributed by atoms with Crippen LogP contribution in [-0.4, -0.2) is 14.7 Å². The van der Waals surface area contributed by atoms with Gasteiger partial charge in [-0.15, -0.1) is 0 Å². The Morgan fingerprint density at radius 1 is 1.41 bits per heavy atom. The third-order valence-corrected chi connectivity index (χ3v) is 2.29. The summed E-state index contributed by atoms with van der Waals surface area (Å²) < 4.78 is 1.68. The van der Waals surface area contributed by atoms with Gasteiger partial charge in [0, 0.05) is 24.8 Å². The van der Waals surface area contributed by atoms with Gasteiger partial charge >= 0.3 is 0 Å². The van der Waals surface area contributed by atoms with Crippen LogP contribution in [0.25, 0.3) is 11.8 Å². The van der Waals surface area contributed by atoms with Gasteiger partial charge in [0.05, 0.1) is 16.8 Å². The van der Waals surface area contributed by atoms with Crippen LogP contribution in [0.2, 0.25) is 0 Å². The van der Waals surface area contributed by atoms with Gasteiger partial charge in [-0.3, -0.25) is 10.1 Å². The van der Waals surface area contributed by atoms with E-state index < -0.39 is 4.92 Å². The van der Waals surface area contributed by atoms with Crippen molar-refractivity contribution in [3.63, 3.8) is 0 Å². The van der Waals surface area contributed by atoms with Crippen LogP contribution >= 0.6 is 0 Å². The number of aromatic nitrogens is 2. The Morgan fingerprint density at radius 2 is 2.12 bits per heavy atom. The van der Waals surface area contributed by atoms with Crippen molar-refractivity contribution in [1.82, 2.24) is 9.78 Å². The minimum Gasteiger partial charge on any atom is -0.259 e. The van der Waals surface area contributed by atoms with E-state index in [1.807, 2.05) is 30.3 Å². The van der Waals surface area contributed by atoms with Gasteiger partial charge in [0.25, 0.3) is 0 Å². The maximum atomic E-state index is 10.5. The Morgan fingerprint density at radius 3 is 2.76 bits per heavy atom. The van der Waals surface area contributed by atoms with Crippen molar-refractivity contribution in [3.8, 4) is 5.69 Å². The monoisotopic (exact) mass is 229 g/mol. The number of hydrogen-bond donors (Lipinski definition) is 0. The van der Waals surface area contributed by atoms with Crippen molar-refractivity contribution in [2.24, 2.45) is 0 Å². The van der Waals surface area contributed by atoms with Crippen LogP contribution in [0.4, 0.5) is 0 Å². The first-order valence-corrected chi connectivity index (χ1v) is 5.09. The number of hydrogen-bond acceptors (Lipinski definition) is 3. The van der Waals surface area contributed by atoms with Crippen LogP contribution in [0, 0.1) is 10.1 Å². The van der Waals surface area contributed by atoms with Crippen molar-refractivity contribution in [2.45, 2.75) is 6.92 Å². The van der Waals surface area contributed by atoms with E-state index in [-0.39, 0.29) is 5.70 Å². The smallest absolute Gasteiger partial charge is 0.243 e. The molecular formula is C12H11N3O2. The third kappa shape index (κ3) is 2.57. The van der Waals surface area contributed by atoms with Crippen molar-refractivity contribution in [3.05, 3.63) is 64.1 Å². The second-order valence-corrected chi connectivity index (χ2v) is 3.60. The molecule has 0 aliphatic rings. The van der Waals surface area contributed by atoms with Crippen LogP contribution in [0.5, 0.6) is 0 Å². The molecule has 0 amide bonds. The van der Waals surface area contributed by atoms with Gasteiger partial charge in [-0.2, -0.15) is 5.10 Å². The number of rotatable bonds is 3. The van der Waals surface area contributed by atoms with Gasteiger partial charge in [-0.25, -0.2) is 4.68 Å². The quantitative estimate of drug-likeness (QED) is 0.600. The first kappa shape index (κ1) is 11.1. The van der Waals surface area contributed by atoms with E-state index in [4.69, 9.17) is 0 Å². The third-order valence-electron chi connectivity index (χ3n) is 2.29. The Balaban J connectivity index is 2.29. The SMILES string of the molecule is CC(=Cc1cnn(-c2ccccc2)c1)[N+](=O)[O-]. The largest absolute Gasteiger partial charge is 0.259 e. The van der Waals surface area contributed by atoms with Gasteiger partial charge in [0.2, 0.25) is 5.70 Å². The van der Waals surface area contributed by atoms with Crippen LogP contribution in [0.3, 0.4) is 0 Å². The van der Waals surface area contributed by atoms with Crippen molar-refractivity contribution in [1.29, 1.82) is 0 Å². The fourth-order valence-electron chi connectivity index (χ4n) is 1.43. The molecule has 0 N–H and O–H groups in total. The Kier molecular flexibility index (Phi) is 3.00. The summed E-state index contributed by atoms with van der Waals surface area (Å²) in [6, 6.07) is 9.58. The molecule has 2 aromatic rings. The van der Waals surface area contributed by atoms with E-state index in [1.165, 1.54) is 13.0 Å². The molecule has 0 saturated heterocycles. The lowest BCUT2D eigenvalue weighted by Crippen LogP contribution is -1.93. The minimum absolute atomic E-state index is 0.0950. The zero-order valence-electron chi connectivity index (χ0n) is 9.28. The summed E-state index contributed by atoms with van der Waals surface area (Å²) in [5, 5.41) is 14.6. The average molecular weight is 229 g/mol. The predicted molar refractivity (Wildman–Crippen MR) is 64.2 cm³/mol. The molecule has 0 unspecified atom stereocenters. The molecule has 1 aromatic heterocycles. The maximum Gasteiger partial charge on any atom is 0.243 e. The second-order valence-electron chi connectivity index (χ2n) is 3.60. The summed E-state index contributed by atoms with van der Waals surface area (Å²) in [4.78, 5) is 10.1. The molecular weight excluding hydrogens is 218 g/mol. The average Bonchev–Trinajstić information content (AvgIpc) is 2.78. The Bertz CT molecular complexity index is 558. The zero-order chi connectivity index (χ0) is 12.3. The molecule has 0 aliphatic heterocycles. The fourth-order valence-corrected chi connectivity index (χ4v) is 1.43. The van der Waals surface area contributed by atoms with E-state index in [2.05, 4.69) is 5.10 Å².